The van der Waals surface area contributed by atoms with Crippen molar-refractivity contribution >= 4 is 5.97 Å². The van der Waals surface area contributed by atoms with Gasteiger partial charge in [0.05, 0.1) is 5.60 Å². The maximum atomic E-state index is 10.5. The summed E-state index contributed by atoms with van der Waals surface area (Å²) in [7, 11) is 1.78. The Labute approximate surface area is 108 Å². The summed E-state index contributed by atoms with van der Waals surface area (Å²) >= 11 is 0. The maximum absolute atomic E-state index is 10.5. The predicted octanol–water partition coefficient (Wildman–Crippen LogP) is 2.82. The van der Waals surface area contributed by atoms with E-state index in [0.717, 1.165) is 25.7 Å². The molecule has 98 valence electrons. The number of methoxy groups -OCH3 is 1. The van der Waals surface area contributed by atoms with E-state index >= 15 is 0 Å². The molecule has 1 aliphatic rings. The van der Waals surface area contributed by atoms with Gasteiger partial charge >= 0.3 is 5.97 Å². The van der Waals surface area contributed by atoms with Gasteiger partial charge in [-0.3, -0.25) is 4.79 Å². The molecule has 0 saturated heterocycles. The largest absolute Gasteiger partial charge is 0.481 e. The molecular weight excluding hydrogens is 228 g/mol. The Balaban J connectivity index is 1.90. The lowest BCUT2D eigenvalue weighted by molar-refractivity contribution is -0.137. The second-order valence-electron chi connectivity index (χ2n) is 5.13. The number of ether oxygens (including phenoxy) is 1. The van der Waals surface area contributed by atoms with Crippen LogP contribution in [0.25, 0.3) is 0 Å². The van der Waals surface area contributed by atoms with Crippen molar-refractivity contribution in [1.29, 1.82) is 0 Å². The average molecular weight is 248 g/mol. The fourth-order valence-electron chi connectivity index (χ4n) is 2.30. The monoisotopic (exact) mass is 248 g/mol. The highest BCUT2D eigenvalue weighted by atomic mass is 16.5. The van der Waals surface area contributed by atoms with E-state index in [0.29, 0.717) is 6.42 Å². The minimum Gasteiger partial charge on any atom is -0.481 e. The summed E-state index contributed by atoms with van der Waals surface area (Å²) in [5.41, 5.74) is 2.60. The Morgan fingerprint density at radius 2 is 2.11 bits per heavy atom. The molecule has 18 heavy (non-hydrogen) atoms. The van der Waals surface area contributed by atoms with E-state index in [1.807, 2.05) is 0 Å². The van der Waals surface area contributed by atoms with Gasteiger partial charge in [0.15, 0.2) is 0 Å². The zero-order valence-electron chi connectivity index (χ0n) is 10.8. The van der Waals surface area contributed by atoms with Gasteiger partial charge in [0.25, 0.3) is 0 Å². The van der Waals surface area contributed by atoms with Crippen LogP contribution in [0.15, 0.2) is 24.3 Å². The molecule has 1 N–H and O–H groups in total. The van der Waals surface area contributed by atoms with Gasteiger partial charge < -0.3 is 9.84 Å². The van der Waals surface area contributed by atoms with Crippen molar-refractivity contribution in [2.45, 2.75) is 44.1 Å². The highest BCUT2D eigenvalue weighted by Crippen LogP contribution is 2.41. The maximum Gasteiger partial charge on any atom is 0.303 e. The summed E-state index contributed by atoms with van der Waals surface area (Å²) < 4.78 is 5.53. The van der Waals surface area contributed by atoms with Crippen LogP contribution in [0.3, 0.4) is 0 Å². The highest BCUT2D eigenvalue weighted by molar-refractivity contribution is 5.66. The molecule has 1 aliphatic carbocycles. The lowest BCUT2D eigenvalue weighted by Gasteiger charge is -2.13. The SMILES string of the molecule is COC1(Cc2cccc(CCCC(=O)O)c2)CC1. The molecule has 1 saturated carbocycles. The van der Waals surface area contributed by atoms with Crippen LogP contribution in [0.5, 0.6) is 0 Å². The lowest BCUT2D eigenvalue weighted by atomic mass is 10.0. The van der Waals surface area contributed by atoms with E-state index in [2.05, 4.69) is 24.3 Å². The van der Waals surface area contributed by atoms with Gasteiger partial charge in [-0.1, -0.05) is 24.3 Å². The molecule has 0 amide bonds. The van der Waals surface area contributed by atoms with Gasteiger partial charge in [0, 0.05) is 20.0 Å². The summed E-state index contributed by atoms with van der Waals surface area (Å²) in [5.74, 6) is -0.720. The van der Waals surface area contributed by atoms with Crippen molar-refractivity contribution in [3.8, 4) is 0 Å². The number of aliphatic carboxylic acids is 1. The Kier molecular flexibility index (Phi) is 4.02. The molecule has 0 heterocycles. The first-order chi connectivity index (χ1) is 8.63. The van der Waals surface area contributed by atoms with Gasteiger partial charge in [-0.25, -0.2) is 0 Å². The van der Waals surface area contributed by atoms with E-state index < -0.39 is 5.97 Å². The summed E-state index contributed by atoms with van der Waals surface area (Å²) in [6.07, 6.45) is 5.04. The standard InChI is InChI=1S/C15H20O3/c1-18-15(8-9-15)11-13-6-2-4-12(10-13)5-3-7-14(16)17/h2,4,6,10H,3,5,7-9,11H2,1H3,(H,16,17). The minimum absolute atomic E-state index is 0.0830. The van der Waals surface area contributed by atoms with Gasteiger partial charge in [0.1, 0.15) is 0 Å². The van der Waals surface area contributed by atoms with Crippen molar-refractivity contribution in [2.24, 2.45) is 0 Å². The first kappa shape index (κ1) is 13.1. The normalized spacial score (nSPS) is 16.5. The molecule has 0 radical (unpaired) electrons. The summed E-state index contributed by atoms with van der Waals surface area (Å²) in [6, 6.07) is 8.43. The van der Waals surface area contributed by atoms with Crippen LogP contribution in [0, 0.1) is 0 Å². The number of carbonyl (C=O) groups is 1. The molecule has 0 bridgehead atoms. The van der Waals surface area contributed by atoms with Crippen LogP contribution < -0.4 is 0 Å². The van der Waals surface area contributed by atoms with Crippen LogP contribution in [0.1, 0.15) is 36.8 Å². The van der Waals surface area contributed by atoms with E-state index in [9.17, 15) is 4.79 Å². The number of benzene rings is 1. The summed E-state index contributed by atoms with van der Waals surface area (Å²) in [6.45, 7) is 0. The first-order valence-electron chi connectivity index (χ1n) is 6.48. The third-order valence-electron chi connectivity index (χ3n) is 3.61. The number of hydrogen-bond acceptors (Lipinski definition) is 2. The van der Waals surface area contributed by atoms with Crippen molar-refractivity contribution < 1.29 is 14.6 Å². The molecule has 1 aromatic carbocycles. The number of carboxylic acid groups (broad SMARTS) is 1. The Hall–Kier alpha value is -1.35. The summed E-state index contributed by atoms with van der Waals surface area (Å²) in [4.78, 5) is 10.5. The van der Waals surface area contributed by atoms with Gasteiger partial charge in [-0.15, -0.1) is 0 Å². The number of rotatable bonds is 7. The average Bonchev–Trinajstić information content (AvgIpc) is 3.10. The van der Waals surface area contributed by atoms with E-state index in [-0.39, 0.29) is 12.0 Å². The van der Waals surface area contributed by atoms with Crippen molar-refractivity contribution in [2.75, 3.05) is 7.11 Å². The van der Waals surface area contributed by atoms with Crippen LogP contribution in [-0.2, 0) is 22.4 Å². The van der Waals surface area contributed by atoms with Crippen LogP contribution in [-0.4, -0.2) is 23.8 Å². The second kappa shape index (κ2) is 5.53. The van der Waals surface area contributed by atoms with Crippen molar-refractivity contribution in [3.63, 3.8) is 0 Å². The zero-order chi connectivity index (χ0) is 13.0. The molecule has 0 atom stereocenters. The van der Waals surface area contributed by atoms with Crippen LogP contribution >= 0.6 is 0 Å². The third-order valence-corrected chi connectivity index (χ3v) is 3.61. The van der Waals surface area contributed by atoms with E-state index in [1.165, 1.54) is 11.1 Å². The lowest BCUT2D eigenvalue weighted by Crippen LogP contribution is -2.14. The van der Waals surface area contributed by atoms with Crippen molar-refractivity contribution in [1.82, 2.24) is 0 Å². The molecule has 2 rings (SSSR count). The van der Waals surface area contributed by atoms with E-state index in [1.54, 1.807) is 7.11 Å². The molecule has 3 heteroatoms. The molecule has 3 nitrogen and oxygen atoms in total. The van der Waals surface area contributed by atoms with Gasteiger partial charge in [-0.05, 0) is 36.8 Å². The van der Waals surface area contributed by atoms with Crippen molar-refractivity contribution in [3.05, 3.63) is 35.4 Å². The molecule has 1 fully saturated rings. The Morgan fingerprint density at radius 3 is 2.72 bits per heavy atom. The van der Waals surface area contributed by atoms with Crippen LogP contribution in [0.2, 0.25) is 0 Å². The molecule has 1 aromatic rings. The second-order valence-corrected chi connectivity index (χ2v) is 5.13. The highest BCUT2D eigenvalue weighted by Gasteiger charge is 2.42. The molecule has 0 spiro atoms. The molecule has 0 aliphatic heterocycles. The Bertz CT molecular complexity index is 422. The smallest absolute Gasteiger partial charge is 0.303 e. The topological polar surface area (TPSA) is 46.5 Å². The molecule has 0 aromatic heterocycles. The number of aryl methyl sites for hydroxylation is 1. The number of hydrogen-bond donors (Lipinski definition) is 1. The minimum atomic E-state index is -0.720. The summed E-state index contributed by atoms with van der Waals surface area (Å²) in [5, 5.41) is 8.62. The Morgan fingerprint density at radius 1 is 1.39 bits per heavy atom. The zero-order valence-corrected chi connectivity index (χ0v) is 10.8. The van der Waals surface area contributed by atoms with Gasteiger partial charge in [-0.2, -0.15) is 0 Å². The number of carboxylic acids is 1. The first-order valence-corrected chi connectivity index (χ1v) is 6.48. The molecular formula is C15H20O3. The fraction of sp³-hybridized carbons (Fsp3) is 0.533. The third kappa shape index (κ3) is 3.57. The quantitative estimate of drug-likeness (QED) is 0.807. The fourth-order valence-corrected chi connectivity index (χ4v) is 2.30. The molecule has 0 unspecified atom stereocenters. The predicted molar refractivity (Wildman–Crippen MR) is 69.7 cm³/mol. The van der Waals surface area contributed by atoms with Crippen LogP contribution in [0.4, 0.5) is 0 Å². The van der Waals surface area contributed by atoms with E-state index in [4.69, 9.17) is 9.84 Å². The van der Waals surface area contributed by atoms with Gasteiger partial charge in [0.2, 0.25) is 0 Å².